The number of hydrogen-bond acceptors (Lipinski definition) is 7. The van der Waals surface area contributed by atoms with Gasteiger partial charge in [0, 0.05) is 17.3 Å². The van der Waals surface area contributed by atoms with Crippen LogP contribution in [0.2, 0.25) is 0 Å². The molecule has 0 aliphatic carbocycles. The lowest BCUT2D eigenvalue weighted by Crippen LogP contribution is -1.99. The van der Waals surface area contributed by atoms with E-state index in [4.69, 9.17) is 4.74 Å². The van der Waals surface area contributed by atoms with Crippen molar-refractivity contribution in [1.29, 1.82) is 0 Å². The molecule has 0 atom stereocenters. The molecule has 3 rings (SSSR count). The first-order valence-electron chi connectivity index (χ1n) is 7.35. The molecule has 0 aliphatic heterocycles. The number of esters is 1. The van der Waals surface area contributed by atoms with Crippen LogP contribution >= 0.6 is 11.3 Å². The summed E-state index contributed by atoms with van der Waals surface area (Å²) in [7, 11) is 1.32. The Labute approximate surface area is 147 Å². The van der Waals surface area contributed by atoms with Crippen LogP contribution in [0.5, 0.6) is 0 Å². The SMILES string of the molecule is COC(=O)c1cnc(-c2ccn3ncc(/C(C(C)=O)=C(\C)O)c3c2)s1. The smallest absolute Gasteiger partial charge is 0.349 e. The molecule has 25 heavy (non-hydrogen) atoms. The van der Waals surface area contributed by atoms with Crippen LogP contribution in [0.4, 0.5) is 0 Å². The second kappa shape index (κ2) is 6.48. The number of aliphatic hydroxyl groups excluding tert-OH is 1. The van der Waals surface area contributed by atoms with Gasteiger partial charge in [-0.2, -0.15) is 5.10 Å². The van der Waals surface area contributed by atoms with Crippen molar-refractivity contribution in [3.63, 3.8) is 0 Å². The number of hydrogen-bond donors (Lipinski definition) is 1. The average molecular weight is 357 g/mol. The van der Waals surface area contributed by atoms with Gasteiger partial charge in [0.05, 0.1) is 30.6 Å². The minimum Gasteiger partial charge on any atom is -0.512 e. The number of methoxy groups -OCH3 is 1. The predicted molar refractivity (Wildman–Crippen MR) is 93.5 cm³/mol. The van der Waals surface area contributed by atoms with Gasteiger partial charge in [-0.25, -0.2) is 14.3 Å². The monoisotopic (exact) mass is 357 g/mol. The average Bonchev–Trinajstić information content (AvgIpc) is 3.21. The second-order valence-corrected chi connectivity index (χ2v) is 6.37. The van der Waals surface area contributed by atoms with Crippen LogP contribution in [-0.4, -0.2) is 38.6 Å². The Hall–Kier alpha value is -3.00. The summed E-state index contributed by atoms with van der Waals surface area (Å²) in [6.45, 7) is 2.86. The maximum atomic E-state index is 11.9. The highest BCUT2D eigenvalue weighted by atomic mass is 32.1. The standard InChI is InChI=1S/C17H15N3O4S/c1-9(21)15(10(2)22)12-7-19-20-5-4-11(6-13(12)20)16-18-8-14(25-16)17(23)24-3/h4-8,21H,1-3H3/b15-9+. The Bertz CT molecular complexity index is 1010. The molecule has 0 radical (unpaired) electrons. The first kappa shape index (κ1) is 16.8. The van der Waals surface area contributed by atoms with Crippen molar-refractivity contribution in [2.45, 2.75) is 13.8 Å². The van der Waals surface area contributed by atoms with Crippen molar-refractivity contribution in [2.75, 3.05) is 7.11 Å². The molecule has 7 nitrogen and oxygen atoms in total. The van der Waals surface area contributed by atoms with Gasteiger partial charge in [-0.15, -0.1) is 11.3 Å². The summed E-state index contributed by atoms with van der Waals surface area (Å²) in [5.74, 6) is -0.745. The van der Waals surface area contributed by atoms with E-state index in [2.05, 4.69) is 10.1 Å². The highest BCUT2D eigenvalue weighted by molar-refractivity contribution is 7.16. The van der Waals surface area contributed by atoms with Gasteiger partial charge in [0.2, 0.25) is 0 Å². The molecule has 128 valence electrons. The third kappa shape index (κ3) is 3.03. The number of Topliss-reactive ketones (excluding diaryl/α,β-unsaturated/α-hetero) is 1. The molecule has 3 aromatic rings. The van der Waals surface area contributed by atoms with Crippen molar-refractivity contribution in [1.82, 2.24) is 14.6 Å². The highest BCUT2D eigenvalue weighted by Gasteiger charge is 2.18. The predicted octanol–water partition coefficient (Wildman–Crippen LogP) is 3.12. The maximum Gasteiger partial charge on any atom is 0.349 e. The molecule has 0 fully saturated rings. The Morgan fingerprint density at radius 1 is 1.28 bits per heavy atom. The molecule has 1 N–H and O–H groups in total. The molecular weight excluding hydrogens is 342 g/mol. The fraction of sp³-hybridized carbons (Fsp3) is 0.176. The van der Waals surface area contributed by atoms with E-state index in [1.165, 1.54) is 44.7 Å². The van der Waals surface area contributed by atoms with Gasteiger partial charge in [-0.05, 0) is 26.0 Å². The quantitative estimate of drug-likeness (QED) is 0.438. The lowest BCUT2D eigenvalue weighted by Gasteiger charge is -2.04. The van der Waals surface area contributed by atoms with Crippen molar-refractivity contribution in [2.24, 2.45) is 0 Å². The fourth-order valence-electron chi connectivity index (χ4n) is 2.55. The molecule has 8 heteroatoms. The molecule has 3 heterocycles. The minimum absolute atomic E-state index is 0.0602. The molecule has 0 spiro atoms. The van der Waals surface area contributed by atoms with Crippen molar-refractivity contribution in [3.8, 4) is 10.6 Å². The van der Waals surface area contributed by atoms with Gasteiger partial charge in [-0.3, -0.25) is 4.79 Å². The number of fused-ring (bicyclic) bond motifs is 1. The zero-order valence-electron chi connectivity index (χ0n) is 13.8. The lowest BCUT2D eigenvalue weighted by atomic mass is 10.0. The van der Waals surface area contributed by atoms with E-state index in [1.807, 2.05) is 12.1 Å². The normalized spacial score (nSPS) is 12.1. The molecule has 0 aromatic carbocycles. The Balaban J connectivity index is 2.13. The van der Waals surface area contributed by atoms with Crippen molar-refractivity contribution < 1.29 is 19.4 Å². The van der Waals surface area contributed by atoms with Gasteiger partial charge in [0.25, 0.3) is 0 Å². The summed E-state index contributed by atoms with van der Waals surface area (Å²) in [4.78, 5) is 28.1. The summed E-state index contributed by atoms with van der Waals surface area (Å²) in [6.07, 6.45) is 4.74. The van der Waals surface area contributed by atoms with Crippen molar-refractivity contribution >= 4 is 34.2 Å². The van der Waals surface area contributed by atoms with E-state index >= 15 is 0 Å². The van der Waals surface area contributed by atoms with Crippen LogP contribution < -0.4 is 0 Å². The molecule has 0 saturated carbocycles. The van der Waals surface area contributed by atoms with Gasteiger partial charge >= 0.3 is 5.97 Å². The lowest BCUT2D eigenvalue weighted by molar-refractivity contribution is -0.111. The molecule has 0 aliphatic rings. The number of rotatable bonds is 4. The van der Waals surface area contributed by atoms with E-state index in [0.29, 0.717) is 21.0 Å². The van der Waals surface area contributed by atoms with Crippen LogP contribution in [0.3, 0.4) is 0 Å². The summed E-state index contributed by atoms with van der Waals surface area (Å²) < 4.78 is 6.30. The second-order valence-electron chi connectivity index (χ2n) is 5.34. The largest absolute Gasteiger partial charge is 0.512 e. The summed E-state index contributed by atoms with van der Waals surface area (Å²) in [5.41, 5.74) is 2.19. The van der Waals surface area contributed by atoms with Crippen LogP contribution in [0.15, 0.2) is 36.5 Å². The number of allylic oxidation sites excluding steroid dienone is 2. The number of aliphatic hydroxyl groups is 1. The minimum atomic E-state index is -0.437. The van der Waals surface area contributed by atoms with Gasteiger partial charge in [-0.1, -0.05) is 0 Å². The highest BCUT2D eigenvalue weighted by Crippen LogP contribution is 2.30. The van der Waals surface area contributed by atoms with E-state index in [-0.39, 0.29) is 17.1 Å². The van der Waals surface area contributed by atoms with Crippen LogP contribution in [-0.2, 0) is 9.53 Å². The summed E-state index contributed by atoms with van der Waals surface area (Å²) in [6, 6.07) is 3.63. The van der Waals surface area contributed by atoms with Gasteiger partial charge < -0.3 is 9.84 Å². The molecule has 0 saturated heterocycles. The number of ketones is 1. The Morgan fingerprint density at radius 3 is 2.68 bits per heavy atom. The first-order chi connectivity index (χ1) is 11.9. The van der Waals surface area contributed by atoms with E-state index < -0.39 is 5.97 Å². The number of nitrogens with zero attached hydrogens (tertiary/aromatic N) is 3. The number of carbonyl (C=O) groups excluding carboxylic acids is 2. The zero-order chi connectivity index (χ0) is 18.1. The third-order valence-corrected chi connectivity index (χ3v) is 4.67. The molecule has 0 unspecified atom stereocenters. The number of ether oxygens (including phenoxy) is 1. The molecular formula is C17H15N3O4S. The fourth-order valence-corrected chi connectivity index (χ4v) is 3.38. The number of aromatic nitrogens is 3. The summed E-state index contributed by atoms with van der Waals surface area (Å²) >= 11 is 1.21. The zero-order valence-corrected chi connectivity index (χ0v) is 14.6. The Kier molecular flexibility index (Phi) is 4.37. The van der Waals surface area contributed by atoms with E-state index in [0.717, 1.165) is 5.56 Å². The van der Waals surface area contributed by atoms with Gasteiger partial charge in [0.1, 0.15) is 15.6 Å². The van der Waals surface area contributed by atoms with E-state index in [9.17, 15) is 14.7 Å². The Morgan fingerprint density at radius 2 is 2.04 bits per heavy atom. The maximum absolute atomic E-state index is 11.9. The summed E-state index contributed by atoms with van der Waals surface area (Å²) in [5, 5.41) is 14.7. The van der Waals surface area contributed by atoms with Gasteiger partial charge in [0.15, 0.2) is 5.78 Å². The third-order valence-electron chi connectivity index (χ3n) is 3.64. The number of pyridine rings is 1. The number of thiazole rings is 1. The topological polar surface area (TPSA) is 93.8 Å². The van der Waals surface area contributed by atoms with Crippen LogP contribution in [0.1, 0.15) is 29.1 Å². The van der Waals surface area contributed by atoms with Crippen molar-refractivity contribution in [3.05, 3.63) is 46.9 Å². The van der Waals surface area contributed by atoms with Crippen LogP contribution in [0, 0.1) is 0 Å². The molecule has 0 amide bonds. The molecule has 3 aromatic heterocycles. The molecule has 0 bridgehead atoms. The number of carbonyl (C=O) groups is 2. The first-order valence-corrected chi connectivity index (χ1v) is 8.17. The van der Waals surface area contributed by atoms with E-state index in [1.54, 1.807) is 10.7 Å². The van der Waals surface area contributed by atoms with Crippen LogP contribution in [0.25, 0.3) is 21.7 Å².